The van der Waals surface area contributed by atoms with Crippen molar-refractivity contribution in [2.24, 2.45) is 5.92 Å². The van der Waals surface area contributed by atoms with Gasteiger partial charge in [0.15, 0.2) is 0 Å². The molecule has 1 aromatic carbocycles. The molecule has 17 heavy (non-hydrogen) atoms. The number of hydrogen-bond acceptors (Lipinski definition) is 2. The van der Waals surface area contributed by atoms with Crippen LogP contribution in [0.3, 0.4) is 0 Å². The summed E-state index contributed by atoms with van der Waals surface area (Å²) >= 11 is 0. The summed E-state index contributed by atoms with van der Waals surface area (Å²) < 4.78 is 0. The highest BCUT2D eigenvalue weighted by Gasteiger charge is 2.20. The van der Waals surface area contributed by atoms with E-state index >= 15 is 0 Å². The van der Waals surface area contributed by atoms with Crippen molar-refractivity contribution in [2.45, 2.75) is 39.5 Å². The summed E-state index contributed by atoms with van der Waals surface area (Å²) in [4.78, 5) is 11.1. The van der Waals surface area contributed by atoms with E-state index in [4.69, 9.17) is 5.11 Å². The van der Waals surface area contributed by atoms with Gasteiger partial charge in [0.2, 0.25) is 0 Å². The third-order valence-electron chi connectivity index (χ3n) is 3.27. The second-order valence-electron chi connectivity index (χ2n) is 4.70. The first-order valence-electron chi connectivity index (χ1n) is 6.02. The quantitative estimate of drug-likeness (QED) is 0.820. The van der Waals surface area contributed by atoms with E-state index in [9.17, 15) is 9.90 Å². The highest BCUT2D eigenvalue weighted by atomic mass is 16.4. The van der Waals surface area contributed by atoms with Gasteiger partial charge in [-0.1, -0.05) is 39.3 Å². The van der Waals surface area contributed by atoms with Gasteiger partial charge >= 0.3 is 5.97 Å². The van der Waals surface area contributed by atoms with Gasteiger partial charge in [0.1, 0.15) is 11.3 Å². The molecule has 1 aromatic rings. The summed E-state index contributed by atoms with van der Waals surface area (Å²) in [7, 11) is 0. The highest BCUT2D eigenvalue weighted by molar-refractivity contribution is 5.92. The van der Waals surface area contributed by atoms with Crippen LogP contribution < -0.4 is 0 Å². The molecule has 0 aliphatic rings. The Morgan fingerprint density at radius 3 is 2.53 bits per heavy atom. The fourth-order valence-electron chi connectivity index (χ4n) is 2.10. The standard InChI is InChI=1S/C14H20O3/c1-4-9(2)8-10(3)11-6-5-7-12(15)13(11)14(16)17/h5-7,9-10,15H,4,8H2,1-3H3,(H,16,17). The second kappa shape index (κ2) is 5.71. The monoisotopic (exact) mass is 236 g/mol. The Hall–Kier alpha value is -1.51. The van der Waals surface area contributed by atoms with Crippen LogP contribution in [0.2, 0.25) is 0 Å². The zero-order valence-electron chi connectivity index (χ0n) is 10.6. The molecule has 0 amide bonds. The van der Waals surface area contributed by atoms with Gasteiger partial charge in [0.05, 0.1) is 0 Å². The van der Waals surface area contributed by atoms with Gasteiger partial charge in [-0.05, 0) is 29.9 Å². The summed E-state index contributed by atoms with van der Waals surface area (Å²) in [6.45, 7) is 6.28. The summed E-state index contributed by atoms with van der Waals surface area (Å²) in [5, 5.41) is 18.7. The minimum Gasteiger partial charge on any atom is -0.507 e. The molecule has 1 rings (SSSR count). The van der Waals surface area contributed by atoms with E-state index in [2.05, 4.69) is 13.8 Å². The minimum absolute atomic E-state index is 0.0447. The molecule has 0 bridgehead atoms. The maximum Gasteiger partial charge on any atom is 0.339 e. The van der Waals surface area contributed by atoms with E-state index in [0.717, 1.165) is 18.4 Å². The Labute approximate surface area is 102 Å². The van der Waals surface area contributed by atoms with Crippen LogP contribution in [0.15, 0.2) is 18.2 Å². The van der Waals surface area contributed by atoms with Crippen molar-refractivity contribution < 1.29 is 15.0 Å². The number of rotatable bonds is 5. The molecule has 94 valence electrons. The third-order valence-corrected chi connectivity index (χ3v) is 3.27. The average molecular weight is 236 g/mol. The van der Waals surface area contributed by atoms with E-state index in [0.29, 0.717) is 5.92 Å². The Morgan fingerprint density at radius 1 is 1.35 bits per heavy atom. The Kier molecular flexibility index (Phi) is 4.55. The molecule has 0 spiro atoms. The average Bonchev–Trinajstić information content (AvgIpc) is 2.27. The van der Waals surface area contributed by atoms with Crippen molar-refractivity contribution in [3.8, 4) is 5.75 Å². The van der Waals surface area contributed by atoms with Crippen LogP contribution in [0.1, 0.15) is 55.5 Å². The SMILES string of the molecule is CCC(C)CC(C)c1cccc(O)c1C(=O)O. The molecule has 2 N–H and O–H groups in total. The van der Waals surface area contributed by atoms with Crippen LogP contribution >= 0.6 is 0 Å². The molecule has 2 unspecified atom stereocenters. The molecule has 0 aliphatic carbocycles. The predicted octanol–water partition coefficient (Wildman–Crippen LogP) is 3.63. The Balaban J connectivity index is 3.04. The van der Waals surface area contributed by atoms with Gasteiger partial charge in [-0.15, -0.1) is 0 Å². The topological polar surface area (TPSA) is 57.5 Å². The van der Waals surface area contributed by atoms with Crippen LogP contribution in [0, 0.1) is 5.92 Å². The molecule has 0 radical (unpaired) electrons. The lowest BCUT2D eigenvalue weighted by atomic mass is 9.87. The molecule has 0 aliphatic heterocycles. The first-order chi connectivity index (χ1) is 7.97. The summed E-state index contributed by atoms with van der Waals surface area (Å²) in [5.74, 6) is -0.516. The van der Waals surface area contributed by atoms with Crippen molar-refractivity contribution in [3.63, 3.8) is 0 Å². The van der Waals surface area contributed by atoms with Crippen LogP contribution in [0.25, 0.3) is 0 Å². The molecule has 3 nitrogen and oxygen atoms in total. The van der Waals surface area contributed by atoms with Gasteiger partial charge in [0.25, 0.3) is 0 Å². The second-order valence-corrected chi connectivity index (χ2v) is 4.70. The van der Waals surface area contributed by atoms with Crippen molar-refractivity contribution in [1.82, 2.24) is 0 Å². The third kappa shape index (κ3) is 3.22. The van der Waals surface area contributed by atoms with Crippen molar-refractivity contribution in [1.29, 1.82) is 0 Å². The zero-order valence-corrected chi connectivity index (χ0v) is 10.6. The fourth-order valence-corrected chi connectivity index (χ4v) is 2.10. The molecule has 0 heterocycles. The smallest absolute Gasteiger partial charge is 0.339 e. The summed E-state index contributed by atoms with van der Waals surface area (Å²) in [5.41, 5.74) is 0.765. The van der Waals surface area contributed by atoms with E-state index < -0.39 is 5.97 Å². The van der Waals surface area contributed by atoms with E-state index in [1.54, 1.807) is 12.1 Å². The fraction of sp³-hybridized carbons (Fsp3) is 0.500. The molecule has 0 fully saturated rings. The van der Waals surface area contributed by atoms with Gasteiger partial charge in [-0.2, -0.15) is 0 Å². The zero-order chi connectivity index (χ0) is 13.0. The first kappa shape index (κ1) is 13.6. The molecule has 0 saturated heterocycles. The molecule has 0 saturated carbocycles. The number of carboxylic acid groups (broad SMARTS) is 1. The maximum absolute atomic E-state index is 11.1. The van der Waals surface area contributed by atoms with Gasteiger partial charge < -0.3 is 10.2 Å². The van der Waals surface area contributed by atoms with E-state index in [-0.39, 0.29) is 17.2 Å². The van der Waals surface area contributed by atoms with Crippen molar-refractivity contribution in [3.05, 3.63) is 29.3 Å². The number of aromatic carboxylic acids is 1. The van der Waals surface area contributed by atoms with Crippen molar-refractivity contribution in [2.75, 3.05) is 0 Å². The van der Waals surface area contributed by atoms with Crippen LogP contribution in [0.4, 0.5) is 0 Å². The molecular weight excluding hydrogens is 216 g/mol. The molecule has 3 heteroatoms. The van der Waals surface area contributed by atoms with E-state index in [1.807, 2.05) is 6.92 Å². The molecule has 0 aromatic heterocycles. The minimum atomic E-state index is -1.06. The molecular formula is C14H20O3. The normalized spacial score (nSPS) is 14.3. The predicted molar refractivity (Wildman–Crippen MR) is 67.6 cm³/mol. The number of phenols is 1. The number of hydrogen-bond donors (Lipinski definition) is 2. The number of benzene rings is 1. The van der Waals surface area contributed by atoms with Crippen molar-refractivity contribution >= 4 is 5.97 Å². The number of aromatic hydroxyl groups is 1. The molecule has 2 atom stereocenters. The number of carboxylic acids is 1. The van der Waals surface area contributed by atoms with Crippen LogP contribution in [-0.4, -0.2) is 16.2 Å². The lowest BCUT2D eigenvalue weighted by Crippen LogP contribution is -2.08. The Bertz CT molecular complexity index is 398. The Morgan fingerprint density at radius 2 is 2.00 bits per heavy atom. The maximum atomic E-state index is 11.1. The van der Waals surface area contributed by atoms with Gasteiger partial charge in [-0.3, -0.25) is 0 Å². The van der Waals surface area contributed by atoms with Crippen LogP contribution in [0.5, 0.6) is 5.75 Å². The largest absolute Gasteiger partial charge is 0.507 e. The lowest BCUT2D eigenvalue weighted by Gasteiger charge is -2.18. The van der Waals surface area contributed by atoms with Crippen LogP contribution in [-0.2, 0) is 0 Å². The summed E-state index contributed by atoms with van der Waals surface area (Å²) in [6, 6.07) is 4.91. The number of carbonyl (C=O) groups is 1. The summed E-state index contributed by atoms with van der Waals surface area (Å²) in [6.07, 6.45) is 2.01. The first-order valence-corrected chi connectivity index (χ1v) is 6.02. The van der Waals surface area contributed by atoms with Gasteiger partial charge in [0, 0.05) is 0 Å². The lowest BCUT2D eigenvalue weighted by molar-refractivity contribution is 0.0691. The highest BCUT2D eigenvalue weighted by Crippen LogP contribution is 2.31. The van der Waals surface area contributed by atoms with E-state index in [1.165, 1.54) is 6.07 Å². The van der Waals surface area contributed by atoms with Gasteiger partial charge in [-0.25, -0.2) is 4.79 Å².